The van der Waals surface area contributed by atoms with Crippen LogP contribution in [-0.4, -0.2) is 49.6 Å². The van der Waals surface area contributed by atoms with Crippen LogP contribution in [0.1, 0.15) is 46.0 Å². The van der Waals surface area contributed by atoms with Gasteiger partial charge in [0.05, 0.1) is 0 Å². The van der Waals surface area contributed by atoms with Crippen molar-refractivity contribution >= 4 is 0 Å². The molecule has 0 unspecified atom stereocenters. The second kappa shape index (κ2) is 7.29. The molecular weight excluding hydrogens is 196 g/mol. The normalized spacial score (nSPS) is 19.9. The molecule has 0 saturated carbocycles. The lowest BCUT2D eigenvalue weighted by Crippen LogP contribution is -2.42. The first-order valence-corrected chi connectivity index (χ1v) is 6.98. The van der Waals surface area contributed by atoms with Gasteiger partial charge in [-0.15, -0.1) is 0 Å². The molecule has 2 nitrogen and oxygen atoms in total. The molecular formula is C14H30N2. The van der Waals surface area contributed by atoms with Gasteiger partial charge in [-0.1, -0.05) is 26.7 Å². The molecule has 1 saturated heterocycles. The highest BCUT2D eigenvalue weighted by atomic mass is 15.2. The molecule has 0 atom stereocenters. The van der Waals surface area contributed by atoms with Crippen LogP contribution in [0.25, 0.3) is 0 Å². The van der Waals surface area contributed by atoms with Crippen LogP contribution in [-0.2, 0) is 0 Å². The van der Waals surface area contributed by atoms with Crippen molar-refractivity contribution in [3.05, 3.63) is 0 Å². The second-order valence-electron chi connectivity index (χ2n) is 5.93. The molecule has 1 heterocycles. The maximum absolute atomic E-state index is 2.65. The minimum atomic E-state index is 0.826. The van der Waals surface area contributed by atoms with Gasteiger partial charge in [0.1, 0.15) is 0 Å². The molecule has 1 aliphatic heterocycles. The van der Waals surface area contributed by atoms with Gasteiger partial charge in [0.15, 0.2) is 0 Å². The number of piperidine rings is 1. The minimum absolute atomic E-state index is 0.826. The van der Waals surface area contributed by atoms with Crippen LogP contribution in [0.4, 0.5) is 0 Å². The van der Waals surface area contributed by atoms with Crippen molar-refractivity contribution in [1.29, 1.82) is 0 Å². The largest absolute Gasteiger partial charge is 0.306 e. The van der Waals surface area contributed by atoms with Gasteiger partial charge in [-0.2, -0.15) is 0 Å². The summed E-state index contributed by atoms with van der Waals surface area (Å²) in [5, 5.41) is 0. The fraction of sp³-hybridized carbons (Fsp3) is 1.00. The van der Waals surface area contributed by atoms with E-state index in [4.69, 9.17) is 0 Å². The third kappa shape index (κ3) is 5.31. The van der Waals surface area contributed by atoms with Crippen LogP contribution < -0.4 is 0 Å². The number of rotatable bonds is 6. The molecule has 1 fully saturated rings. The standard InChI is InChI=1S/C14H30N2/c1-13(2)7-5-6-10-16-11-8-14(9-12-16)15(3)4/h13-14H,5-12H2,1-4H3. The molecule has 1 rings (SSSR count). The number of likely N-dealkylation sites (tertiary alicyclic amines) is 1. The van der Waals surface area contributed by atoms with E-state index in [-0.39, 0.29) is 0 Å². The first kappa shape index (κ1) is 14.0. The predicted octanol–water partition coefficient (Wildman–Crippen LogP) is 2.84. The topological polar surface area (TPSA) is 6.48 Å². The zero-order chi connectivity index (χ0) is 12.0. The maximum atomic E-state index is 2.65. The molecule has 16 heavy (non-hydrogen) atoms. The van der Waals surface area contributed by atoms with Crippen molar-refractivity contribution in [1.82, 2.24) is 9.80 Å². The number of hydrogen-bond acceptors (Lipinski definition) is 2. The highest BCUT2D eigenvalue weighted by molar-refractivity contribution is 4.76. The van der Waals surface area contributed by atoms with E-state index in [0.717, 1.165) is 12.0 Å². The molecule has 1 aliphatic rings. The molecule has 0 amide bonds. The van der Waals surface area contributed by atoms with E-state index in [1.807, 2.05) is 0 Å². The lowest BCUT2D eigenvalue weighted by Gasteiger charge is -2.35. The van der Waals surface area contributed by atoms with Crippen LogP contribution in [0.3, 0.4) is 0 Å². The monoisotopic (exact) mass is 226 g/mol. The van der Waals surface area contributed by atoms with Gasteiger partial charge in [-0.3, -0.25) is 0 Å². The average Bonchev–Trinajstić information content (AvgIpc) is 2.25. The van der Waals surface area contributed by atoms with Crippen LogP contribution >= 0.6 is 0 Å². The zero-order valence-electron chi connectivity index (χ0n) is 11.7. The van der Waals surface area contributed by atoms with Gasteiger partial charge in [-0.05, 0) is 58.9 Å². The molecule has 0 aromatic rings. The van der Waals surface area contributed by atoms with Crippen molar-refractivity contribution in [2.45, 2.75) is 52.0 Å². The number of unbranched alkanes of at least 4 members (excludes halogenated alkanes) is 1. The Balaban J connectivity index is 2.04. The van der Waals surface area contributed by atoms with Crippen molar-refractivity contribution in [3.63, 3.8) is 0 Å². The summed E-state index contributed by atoms with van der Waals surface area (Å²) in [5.41, 5.74) is 0. The predicted molar refractivity (Wildman–Crippen MR) is 71.8 cm³/mol. The van der Waals surface area contributed by atoms with E-state index in [9.17, 15) is 0 Å². The summed E-state index contributed by atoms with van der Waals surface area (Å²) in [6, 6.07) is 0.826. The Morgan fingerprint density at radius 1 is 1.12 bits per heavy atom. The van der Waals surface area contributed by atoms with E-state index >= 15 is 0 Å². The first-order valence-electron chi connectivity index (χ1n) is 6.98. The fourth-order valence-corrected chi connectivity index (χ4v) is 2.55. The molecule has 0 bridgehead atoms. The molecule has 2 heteroatoms. The molecule has 0 aromatic carbocycles. The molecule has 0 aromatic heterocycles. The van der Waals surface area contributed by atoms with Gasteiger partial charge in [-0.25, -0.2) is 0 Å². The lowest BCUT2D eigenvalue weighted by molar-refractivity contribution is 0.143. The van der Waals surface area contributed by atoms with Crippen LogP contribution in [0.15, 0.2) is 0 Å². The first-order chi connectivity index (χ1) is 7.59. The Hall–Kier alpha value is -0.0800. The Morgan fingerprint density at radius 3 is 2.25 bits per heavy atom. The molecule has 0 radical (unpaired) electrons. The number of hydrogen-bond donors (Lipinski definition) is 0. The quantitative estimate of drug-likeness (QED) is 0.643. The smallest absolute Gasteiger partial charge is 0.0113 e. The maximum Gasteiger partial charge on any atom is 0.0113 e. The third-order valence-corrected chi connectivity index (χ3v) is 3.79. The van der Waals surface area contributed by atoms with Gasteiger partial charge < -0.3 is 9.80 Å². The summed E-state index contributed by atoms with van der Waals surface area (Å²) in [6.07, 6.45) is 6.92. The van der Waals surface area contributed by atoms with E-state index in [1.54, 1.807) is 0 Å². The minimum Gasteiger partial charge on any atom is -0.306 e. The summed E-state index contributed by atoms with van der Waals surface area (Å²) >= 11 is 0. The van der Waals surface area contributed by atoms with Crippen molar-refractivity contribution in [2.75, 3.05) is 33.7 Å². The van der Waals surface area contributed by atoms with Gasteiger partial charge in [0.25, 0.3) is 0 Å². The summed E-state index contributed by atoms with van der Waals surface area (Å²) in [5.74, 6) is 0.875. The van der Waals surface area contributed by atoms with E-state index in [2.05, 4.69) is 37.7 Å². The SMILES string of the molecule is CC(C)CCCCN1CCC(N(C)C)CC1. The summed E-state index contributed by atoms with van der Waals surface area (Å²) in [6.45, 7) is 8.59. The Morgan fingerprint density at radius 2 is 1.75 bits per heavy atom. The van der Waals surface area contributed by atoms with Gasteiger partial charge in [0.2, 0.25) is 0 Å². The van der Waals surface area contributed by atoms with E-state index < -0.39 is 0 Å². The molecule has 0 aliphatic carbocycles. The Labute approximate surface area is 102 Å². The zero-order valence-corrected chi connectivity index (χ0v) is 11.7. The summed E-state index contributed by atoms with van der Waals surface area (Å²) < 4.78 is 0. The summed E-state index contributed by atoms with van der Waals surface area (Å²) in [7, 11) is 4.42. The highest BCUT2D eigenvalue weighted by Gasteiger charge is 2.19. The Kier molecular flexibility index (Phi) is 6.37. The highest BCUT2D eigenvalue weighted by Crippen LogP contribution is 2.15. The van der Waals surface area contributed by atoms with Crippen LogP contribution in [0, 0.1) is 5.92 Å². The average molecular weight is 226 g/mol. The molecule has 96 valence electrons. The molecule has 0 N–H and O–H groups in total. The van der Waals surface area contributed by atoms with Crippen molar-refractivity contribution in [2.24, 2.45) is 5.92 Å². The fourth-order valence-electron chi connectivity index (χ4n) is 2.55. The lowest BCUT2D eigenvalue weighted by atomic mass is 10.0. The van der Waals surface area contributed by atoms with Gasteiger partial charge in [0, 0.05) is 6.04 Å². The van der Waals surface area contributed by atoms with Crippen molar-refractivity contribution < 1.29 is 0 Å². The van der Waals surface area contributed by atoms with Gasteiger partial charge >= 0.3 is 0 Å². The summed E-state index contributed by atoms with van der Waals surface area (Å²) in [4.78, 5) is 5.04. The van der Waals surface area contributed by atoms with Crippen LogP contribution in [0.2, 0.25) is 0 Å². The van der Waals surface area contributed by atoms with E-state index in [1.165, 1.54) is 51.7 Å². The van der Waals surface area contributed by atoms with Crippen molar-refractivity contribution in [3.8, 4) is 0 Å². The molecule has 0 spiro atoms. The number of nitrogens with zero attached hydrogens (tertiary/aromatic N) is 2. The van der Waals surface area contributed by atoms with E-state index in [0.29, 0.717) is 0 Å². The third-order valence-electron chi connectivity index (χ3n) is 3.79. The van der Waals surface area contributed by atoms with Crippen LogP contribution in [0.5, 0.6) is 0 Å². The second-order valence-corrected chi connectivity index (χ2v) is 5.93. The Bertz CT molecular complexity index is 170.